The minimum absolute atomic E-state index is 0.0862. The van der Waals surface area contributed by atoms with Crippen LogP contribution < -0.4 is 5.73 Å². The Morgan fingerprint density at radius 1 is 1.38 bits per heavy atom. The molecule has 0 amide bonds. The van der Waals surface area contributed by atoms with Gasteiger partial charge >= 0.3 is 5.97 Å². The number of hydrogen-bond acceptors (Lipinski definition) is 4. The number of carbonyl (C=O) groups excluding carboxylic acids is 1. The predicted octanol–water partition coefficient (Wildman–Crippen LogP) is 2.60. The van der Waals surface area contributed by atoms with Gasteiger partial charge in [-0.05, 0) is 39.0 Å². The van der Waals surface area contributed by atoms with Crippen LogP contribution in [0, 0.1) is 19.7 Å². The van der Waals surface area contributed by atoms with Crippen molar-refractivity contribution in [1.82, 2.24) is 9.78 Å². The van der Waals surface area contributed by atoms with E-state index in [1.807, 2.05) is 19.9 Å². The van der Waals surface area contributed by atoms with E-state index in [1.165, 1.54) is 6.07 Å². The van der Waals surface area contributed by atoms with Crippen molar-refractivity contribution in [3.63, 3.8) is 0 Å². The van der Waals surface area contributed by atoms with Crippen molar-refractivity contribution in [3.8, 4) is 0 Å². The zero-order chi connectivity index (χ0) is 15.6. The van der Waals surface area contributed by atoms with Gasteiger partial charge in [0.05, 0.1) is 17.0 Å². The molecule has 2 aromatic rings. The van der Waals surface area contributed by atoms with E-state index >= 15 is 0 Å². The smallest absolute Gasteiger partial charge is 0.338 e. The summed E-state index contributed by atoms with van der Waals surface area (Å²) in [6, 6.07) is 4.40. The van der Waals surface area contributed by atoms with Gasteiger partial charge in [-0.1, -0.05) is 0 Å². The molecule has 2 N–H and O–H groups in total. The van der Waals surface area contributed by atoms with Gasteiger partial charge in [-0.15, -0.1) is 0 Å². The normalized spacial score (nSPS) is 10.7. The Hall–Kier alpha value is -2.37. The molecule has 0 radical (unpaired) electrons. The van der Waals surface area contributed by atoms with Gasteiger partial charge in [0.15, 0.2) is 0 Å². The van der Waals surface area contributed by atoms with Crippen molar-refractivity contribution < 1.29 is 13.9 Å². The number of aromatic nitrogens is 2. The molecule has 0 bridgehead atoms. The molecule has 112 valence electrons. The Kier molecular flexibility index (Phi) is 4.26. The second kappa shape index (κ2) is 5.95. The van der Waals surface area contributed by atoms with Gasteiger partial charge in [-0.2, -0.15) is 5.10 Å². The molecule has 1 heterocycles. The zero-order valence-corrected chi connectivity index (χ0v) is 12.3. The standard InChI is InChI=1S/C15H18FN3O2/c1-4-19-12(5-9(2)18-19)8-21-15(20)11-6-13(16)10(3)14(17)7-11/h5-7H,4,8,17H2,1-3H3. The molecule has 0 aliphatic heterocycles. The van der Waals surface area contributed by atoms with Crippen LogP contribution in [0.3, 0.4) is 0 Å². The Morgan fingerprint density at radius 3 is 2.71 bits per heavy atom. The number of ether oxygens (including phenoxy) is 1. The number of hydrogen-bond donors (Lipinski definition) is 1. The molecule has 0 atom stereocenters. The molecule has 0 aliphatic carbocycles. The van der Waals surface area contributed by atoms with Crippen LogP contribution in [0.4, 0.5) is 10.1 Å². The summed E-state index contributed by atoms with van der Waals surface area (Å²) in [5.41, 5.74) is 7.97. The van der Waals surface area contributed by atoms with Crippen LogP contribution >= 0.6 is 0 Å². The first-order chi connectivity index (χ1) is 9.92. The summed E-state index contributed by atoms with van der Waals surface area (Å²) in [6.07, 6.45) is 0. The van der Waals surface area contributed by atoms with Crippen LogP contribution in [0.5, 0.6) is 0 Å². The van der Waals surface area contributed by atoms with Gasteiger partial charge in [-0.3, -0.25) is 4.68 Å². The van der Waals surface area contributed by atoms with E-state index in [0.717, 1.165) is 17.5 Å². The number of benzene rings is 1. The highest BCUT2D eigenvalue weighted by Crippen LogP contribution is 2.18. The lowest BCUT2D eigenvalue weighted by molar-refractivity contribution is 0.0462. The molecule has 6 heteroatoms. The summed E-state index contributed by atoms with van der Waals surface area (Å²) >= 11 is 0. The van der Waals surface area contributed by atoms with Crippen molar-refractivity contribution in [2.45, 2.75) is 33.9 Å². The topological polar surface area (TPSA) is 70.1 Å². The molecular weight excluding hydrogens is 273 g/mol. The third-order valence-corrected chi connectivity index (χ3v) is 3.26. The minimum atomic E-state index is -0.609. The van der Waals surface area contributed by atoms with Crippen LogP contribution in [-0.4, -0.2) is 15.7 Å². The Bertz CT molecular complexity index is 657. The maximum Gasteiger partial charge on any atom is 0.338 e. The number of nitrogens with zero attached hydrogens (tertiary/aromatic N) is 2. The average Bonchev–Trinajstić information content (AvgIpc) is 2.81. The summed E-state index contributed by atoms with van der Waals surface area (Å²) < 4.78 is 20.5. The van der Waals surface area contributed by atoms with Crippen LogP contribution in [0.2, 0.25) is 0 Å². The number of halogens is 1. The zero-order valence-electron chi connectivity index (χ0n) is 12.3. The van der Waals surface area contributed by atoms with Crippen molar-refractivity contribution in [2.75, 3.05) is 5.73 Å². The second-order valence-electron chi connectivity index (χ2n) is 4.84. The van der Waals surface area contributed by atoms with Gasteiger partial charge in [0.25, 0.3) is 0 Å². The van der Waals surface area contributed by atoms with E-state index in [2.05, 4.69) is 5.10 Å². The molecule has 5 nitrogen and oxygen atoms in total. The summed E-state index contributed by atoms with van der Waals surface area (Å²) in [7, 11) is 0. The van der Waals surface area contributed by atoms with Crippen molar-refractivity contribution in [1.29, 1.82) is 0 Å². The van der Waals surface area contributed by atoms with E-state index in [-0.39, 0.29) is 17.9 Å². The first kappa shape index (κ1) is 15.0. The lowest BCUT2D eigenvalue weighted by Gasteiger charge is -2.08. The molecule has 21 heavy (non-hydrogen) atoms. The molecule has 0 saturated heterocycles. The molecule has 1 aromatic carbocycles. The fraction of sp³-hybridized carbons (Fsp3) is 0.333. The Labute approximate surface area is 122 Å². The van der Waals surface area contributed by atoms with E-state index < -0.39 is 11.8 Å². The fourth-order valence-electron chi connectivity index (χ4n) is 2.03. The van der Waals surface area contributed by atoms with Crippen molar-refractivity contribution in [3.05, 3.63) is 46.5 Å². The highest BCUT2D eigenvalue weighted by atomic mass is 19.1. The first-order valence-electron chi connectivity index (χ1n) is 6.68. The number of aryl methyl sites for hydroxylation is 2. The molecule has 0 aliphatic rings. The number of anilines is 1. The predicted molar refractivity (Wildman–Crippen MR) is 77.3 cm³/mol. The van der Waals surface area contributed by atoms with Crippen LogP contribution in [0.25, 0.3) is 0 Å². The van der Waals surface area contributed by atoms with Crippen molar-refractivity contribution in [2.24, 2.45) is 0 Å². The van der Waals surface area contributed by atoms with Crippen LogP contribution in [-0.2, 0) is 17.9 Å². The molecule has 0 unspecified atom stereocenters. The minimum Gasteiger partial charge on any atom is -0.456 e. The molecule has 0 fully saturated rings. The summed E-state index contributed by atoms with van der Waals surface area (Å²) in [4.78, 5) is 12.0. The molecule has 1 aromatic heterocycles. The second-order valence-corrected chi connectivity index (χ2v) is 4.84. The largest absolute Gasteiger partial charge is 0.456 e. The average molecular weight is 291 g/mol. The Balaban J connectivity index is 2.11. The summed E-state index contributed by atoms with van der Waals surface area (Å²) in [6.45, 7) is 6.15. The van der Waals surface area contributed by atoms with Gasteiger partial charge in [0.2, 0.25) is 0 Å². The Morgan fingerprint density at radius 2 is 2.10 bits per heavy atom. The van der Waals surface area contributed by atoms with E-state index in [0.29, 0.717) is 12.1 Å². The van der Waals surface area contributed by atoms with E-state index in [9.17, 15) is 9.18 Å². The van der Waals surface area contributed by atoms with Crippen LogP contribution in [0.15, 0.2) is 18.2 Å². The molecule has 0 saturated carbocycles. The van der Waals surface area contributed by atoms with Gasteiger partial charge in [-0.25, -0.2) is 9.18 Å². The third-order valence-electron chi connectivity index (χ3n) is 3.26. The first-order valence-corrected chi connectivity index (χ1v) is 6.68. The lowest BCUT2D eigenvalue weighted by Crippen LogP contribution is -2.10. The number of esters is 1. The van der Waals surface area contributed by atoms with Gasteiger partial charge in [0, 0.05) is 17.8 Å². The number of nitrogen functional groups attached to an aromatic ring is 1. The fourth-order valence-corrected chi connectivity index (χ4v) is 2.03. The number of nitrogens with two attached hydrogens (primary N) is 1. The monoisotopic (exact) mass is 291 g/mol. The molecule has 0 spiro atoms. The number of carbonyl (C=O) groups is 1. The third kappa shape index (κ3) is 3.21. The maximum atomic E-state index is 13.6. The van der Waals surface area contributed by atoms with E-state index in [4.69, 9.17) is 10.5 Å². The van der Waals surface area contributed by atoms with Gasteiger partial charge in [0.1, 0.15) is 12.4 Å². The lowest BCUT2D eigenvalue weighted by atomic mass is 10.1. The highest BCUT2D eigenvalue weighted by Gasteiger charge is 2.14. The number of rotatable bonds is 4. The molecular formula is C15H18FN3O2. The summed E-state index contributed by atoms with van der Waals surface area (Å²) in [5, 5.41) is 4.27. The maximum absolute atomic E-state index is 13.6. The van der Waals surface area contributed by atoms with Crippen LogP contribution in [0.1, 0.15) is 34.2 Å². The SMILES string of the molecule is CCn1nc(C)cc1COC(=O)c1cc(N)c(C)c(F)c1. The van der Waals surface area contributed by atoms with Crippen molar-refractivity contribution >= 4 is 11.7 Å². The quantitative estimate of drug-likeness (QED) is 0.694. The summed E-state index contributed by atoms with van der Waals surface area (Å²) in [5.74, 6) is -1.13. The van der Waals surface area contributed by atoms with Gasteiger partial charge < -0.3 is 10.5 Å². The molecule has 2 rings (SSSR count). The van der Waals surface area contributed by atoms with E-state index in [1.54, 1.807) is 11.6 Å². The highest BCUT2D eigenvalue weighted by molar-refractivity contribution is 5.90.